The van der Waals surface area contributed by atoms with Gasteiger partial charge in [-0.2, -0.15) is 0 Å². The van der Waals surface area contributed by atoms with Gasteiger partial charge in [-0.05, 0) is 106 Å². The van der Waals surface area contributed by atoms with Crippen molar-refractivity contribution >= 4 is 40.9 Å². The van der Waals surface area contributed by atoms with Gasteiger partial charge in [-0.3, -0.25) is 14.8 Å². The molecule has 1 aliphatic heterocycles. The summed E-state index contributed by atoms with van der Waals surface area (Å²) in [5, 5.41) is 2.12. The van der Waals surface area contributed by atoms with Crippen LogP contribution >= 0.6 is 23.3 Å². The van der Waals surface area contributed by atoms with Gasteiger partial charge < -0.3 is 9.62 Å². The Morgan fingerprint density at radius 2 is 1.82 bits per heavy atom. The predicted octanol–water partition coefficient (Wildman–Crippen LogP) is 7.09. The number of pyridine rings is 1. The van der Waals surface area contributed by atoms with Gasteiger partial charge in [-0.25, -0.2) is 5.43 Å². The molecule has 0 bridgehead atoms. The molecule has 0 saturated heterocycles. The third-order valence-corrected chi connectivity index (χ3v) is 8.26. The Kier molecular flexibility index (Phi) is 7.95. The van der Waals surface area contributed by atoms with E-state index in [-0.39, 0.29) is 0 Å². The summed E-state index contributed by atoms with van der Waals surface area (Å²) in [6.07, 6.45) is 6.89. The number of hydrogen-bond acceptors (Lipinski definition) is 8. The van der Waals surface area contributed by atoms with Crippen molar-refractivity contribution in [3.05, 3.63) is 96.0 Å². The molecular weight excluding hydrogens is 510 g/mol. The molecule has 0 amide bonds. The van der Waals surface area contributed by atoms with Crippen LogP contribution < -0.4 is 15.2 Å². The van der Waals surface area contributed by atoms with Gasteiger partial charge in [-0.1, -0.05) is 12.1 Å². The minimum absolute atomic E-state index is 0.341. The van der Waals surface area contributed by atoms with E-state index in [0.717, 1.165) is 61.1 Å². The lowest BCUT2D eigenvalue weighted by atomic mass is 10.0. The fourth-order valence-corrected chi connectivity index (χ4v) is 6.07. The summed E-state index contributed by atoms with van der Waals surface area (Å²) in [5.74, 6) is 0. The average Bonchev–Trinajstić information content (AvgIpc) is 3.54. The zero-order valence-electron chi connectivity index (χ0n) is 21.9. The fourth-order valence-electron chi connectivity index (χ4n) is 4.47. The minimum Gasteiger partial charge on any atom is -0.324 e. The maximum Gasteiger partial charge on any atom is 0.150 e. The molecule has 0 saturated carbocycles. The smallest absolute Gasteiger partial charge is 0.150 e. The van der Waals surface area contributed by atoms with E-state index in [2.05, 4.69) is 93.5 Å². The molecule has 8 heteroatoms. The van der Waals surface area contributed by atoms with Gasteiger partial charge in [0, 0.05) is 50.3 Å². The number of rotatable bonds is 9. The molecule has 0 radical (unpaired) electrons. The molecule has 2 aromatic carbocycles. The van der Waals surface area contributed by atoms with E-state index in [1.54, 1.807) is 23.3 Å². The monoisotopic (exact) mass is 541 g/mol. The molecule has 2 aromatic heterocycles. The molecule has 0 aliphatic carbocycles. The first-order valence-electron chi connectivity index (χ1n) is 12.5. The molecule has 5 rings (SSSR count). The lowest BCUT2D eigenvalue weighted by Crippen LogP contribution is -2.35. The van der Waals surface area contributed by atoms with Crippen molar-refractivity contribution in [3.63, 3.8) is 0 Å². The van der Waals surface area contributed by atoms with Crippen molar-refractivity contribution in [1.82, 2.24) is 15.3 Å². The number of hydrazine groups is 1. The number of anilines is 2. The molecule has 4 aromatic rings. The number of nitrogens with one attached hydrogen (secondary N) is 2. The number of allylic oxidation sites excluding steroid dienone is 1. The number of aldehydes is 1. The topological polar surface area (TPSA) is 60.5 Å². The third-order valence-electron chi connectivity index (χ3n) is 6.23. The molecule has 0 spiro atoms. The van der Waals surface area contributed by atoms with Crippen LogP contribution in [-0.2, 0) is 6.54 Å². The predicted molar refractivity (Wildman–Crippen MR) is 161 cm³/mol. The number of benzene rings is 2. The maximum atomic E-state index is 11.5. The Balaban J connectivity index is 1.27. The molecule has 1 aliphatic rings. The van der Waals surface area contributed by atoms with E-state index in [0.29, 0.717) is 6.04 Å². The number of nitrogens with zero attached hydrogens (tertiary/aromatic N) is 3. The largest absolute Gasteiger partial charge is 0.324 e. The van der Waals surface area contributed by atoms with E-state index >= 15 is 0 Å². The highest BCUT2D eigenvalue weighted by Gasteiger charge is 2.17. The molecule has 0 fully saturated rings. The first-order chi connectivity index (χ1) is 18.4. The molecule has 38 heavy (non-hydrogen) atoms. The second kappa shape index (κ2) is 11.5. The maximum absolute atomic E-state index is 11.5. The Labute approximate surface area is 232 Å². The van der Waals surface area contributed by atoms with Crippen molar-refractivity contribution in [3.8, 4) is 20.9 Å². The van der Waals surface area contributed by atoms with Gasteiger partial charge >= 0.3 is 0 Å². The summed E-state index contributed by atoms with van der Waals surface area (Å²) in [6, 6.07) is 21.3. The second-order valence-electron chi connectivity index (χ2n) is 9.65. The van der Waals surface area contributed by atoms with Crippen molar-refractivity contribution in [1.29, 1.82) is 0 Å². The van der Waals surface area contributed by atoms with Gasteiger partial charge in [0.25, 0.3) is 0 Å². The summed E-state index contributed by atoms with van der Waals surface area (Å²) in [4.78, 5) is 21.5. The Hall–Kier alpha value is -3.43. The number of hydrogen-bond donors (Lipinski definition) is 2. The van der Waals surface area contributed by atoms with E-state index in [1.807, 2.05) is 38.6 Å². The van der Waals surface area contributed by atoms with Gasteiger partial charge in [-0.15, -0.1) is 11.3 Å². The first-order valence-corrected chi connectivity index (χ1v) is 14.1. The Bertz CT molecular complexity index is 1460. The van der Waals surface area contributed by atoms with Crippen molar-refractivity contribution in [2.75, 3.05) is 23.8 Å². The molecule has 1 unspecified atom stereocenters. The van der Waals surface area contributed by atoms with Gasteiger partial charge in [0.2, 0.25) is 0 Å². The lowest BCUT2D eigenvalue weighted by molar-refractivity contribution is 0.112. The number of thiophene rings is 1. The Morgan fingerprint density at radius 1 is 1.05 bits per heavy atom. The normalized spacial score (nSPS) is 15.1. The second-order valence-corrected chi connectivity index (χ2v) is 11.6. The average molecular weight is 542 g/mol. The van der Waals surface area contributed by atoms with Crippen LogP contribution in [0.4, 0.5) is 11.4 Å². The van der Waals surface area contributed by atoms with Gasteiger partial charge in [0.05, 0.1) is 17.6 Å². The molecular formula is C30H31N5OS2. The van der Waals surface area contributed by atoms with Crippen LogP contribution in [-0.4, -0.2) is 36.3 Å². The van der Waals surface area contributed by atoms with Crippen LogP contribution in [0.3, 0.4) is 0 Å². The summed E-state index contributed by atoms with van der Waals surface area (Å²) in [6.45, 7) is 4.98. The SMILES string of the molecule is CC1=CC(C)NN1c1ccc(SNc2cncc(-c3ccc(-c4ccc(C=O)c(CN(C)C)c4)s3)c2)cc1. The van der Waals surface area contributed by atoms with Gasteiger partial charge in [0.1, 0.15) is 6.29 Å². The van der Waals surface area contributed by atoms with Gasteiger partial charge in [0.15, 0.2) is 0 Å². The van der Waals surface area contributed by atoms with Crippen LogP contribution in [0.25, 0.3) is 20.9 Å². The lowest BCUT2D eigenvalue weighted by Gasteiger charge is -2.21. The summed E-state index contributed by atoms with van der Waals surface area (Å²) < 4.78 is 3.43. The third kappa shape index (κ3) is 6.00. The van der Waals surface area contributed by atoms with Crippen molar-refractivity contribution < 1.29 is 4.79 Å². The fraction of sp³-hybridized carbons (Fsp3) is 0.200. The van der Waals surface area contributed by atoms with Crippen LogP contribution in [0.5, 0.6) is 0 Å². The van der Waals surface area contributed by atoms with Crippen LogP contribution in [0.15, 0.2) is 89.7 Å². The van der Waals surface area contributed by atoms with E-state index < -0.39 is 0 Å². The zero-order valence-corrected chi connectivity index (χ0v) is 23.6. The summed E-state index contributed by atoms with van der Waals surface area (Å²) in [7, 11) is 4.02. The van der Waals surface area contributed by atoms with Crippen LogP contribution in [0.2, 0.25) is 0 Å². The summed E-state index contributed by atoms with van der Waals surface area (Å²) in [5.41, 5.74) is 10.7. The van der Waals surface area contributed by atoms with E-state index in [4.69, 9.17) is 0 Å². The molecule has 194 valence electrons. The molecule has 3 heterocycles. The quantitative estimate of drug-likeness (QED) is 0.173. The first kappa shape index (κ1) is 26.2. The molecule has 6 nitrogen and oxygen atoms in total. The zero-order chi connectivity index (χ0) is 26.6. The minimum atomic E-state index is 0.341. The highest BCUT2D eigenvalue weighted by atomic mass is 32.2. The molecule has 2 N–H and O–H groups in total. The number of carbonyl (C=O) groups excluding carboxylic acids is 1. The highest BCUT2D eigenvalue weighted by molar-refractivity contribution is 8.00. The van der Waals surface area contributed by atoms with Crippen LogP contribution in [0, 0.1) is 0 Å². The van der Waals surface area contributed by atoms with Crippen molar-refractivity contribution in [2.24, 2.45) is 0 Å². The van der Waals surface area contributed by atoms with Crippen molar-refractivity contribution in [2.45, 2.75) is 31.3 Å². The molecule has 1 atom stereocenters. The van der Waals surface area contributed by atoms with Crippen LogP contribution in [0.1, 0.15) is 29.8 Å². The highest BCUT2D eigenvalue weighted by Crippen LogP contribution is 2.36. The Morgan fingerprint density at radius 3 is 2.50 bits per heavy atom. The van der Waals surface area contributed by atoms with E-state index in [9.17, 15) is 4.79 Å². The van der Waals surface area contributed by atoms with E-state index in [1.165, 1.54) is 5.70 Å². The standard InChI is InChI=1S/C30H31N5OS2/c1-20-13-21(2)35(32-20)27-7-9-28(10-8-27)38-33-26-15-24(16-31-17-26)30-12-11-29(37-30)22-5-6-23(19-36)25(14-22)18-34(3)4/h5-17,19-20,32-33H,18H2,1-4H3. The summed E-state index contributed by atoms with van der Waals surface area (Å²) >= 11 is 3.29. The number of carbonyl (C=O) groups is 1. The number of aromatic nitrogens is 1.